The maximum Gasteiger partial charge on any atom is 0.307 e. The Morgan fingerprint density at radius 3 is 2.44 bits per heavy atom. The third-order valence-corrected chi connectivity index (χ3v) is 10.2. The van der Waals surface area contributed by atoms with Gasteiger partial charge in [0.1, 0.15) is 5.82 Å². The average molecular weight is 549 g/mol. The van der Waals surface area contributed by atoms with Gasteiger partial charge in [0.05, 0.1) is 17.0 Å². The Labute approximate surface area is 226 Å². The lowest BCUT2D eigenvalue weighted by Gasteiger charge is -2.47. The first-order chi connectivity index (χ1) is 18.6. The van der Waals surface area contributed by atoms with Gasteiger partial charge in [0.25, 0.3) is 10.0 Å². The second-order valence-corrected chi connectivity index (χ2v) is 12.7. The number of carbonyl (C=O) groups is 1. The number of aliphatic carboxylic acids is 1. The molecule has 0 radical (unpaired) electrons. The summed E-state index contributed by atoms with van der Waals surface area (Å²) in [4.78, 5) is 25.7. The van der Waals surface area contributed by atoms with E-state index in [-0.39, 0.29) is 33.6 Å². The number of halogens is 1. The van der Waals surface area contributed by atoms with Crippen molar-refractivity contribution >= 4 is 27.0 Å². The smallest absolute Gasteiger partial charge is 0.307 e. The van der Waals surface area contributed by atoms with Crippen molar-refractivity contribution in [1.82, 2.24) is 18.9 Å². The summed E-state index contributed by atoms with van der Waals surface area (Å²) in [6.45, 7) is 3.76. The number of fused-ring (bicyclic) bond motifs is 4. The van der Waals surface area contributed by atoms with E-state index in [1.165, 1.54) is 24.4 Å². The molecular weight excluding hydrogens is 519 g/mol. The van der Waals surface area contributed by atoms with Crippen LogP contribution in [-0.2, 0) is 21.2 Å². The summed E-state index contributed by atoms with van der Waals surface area (Å²) in [7, 11) is -4.04. The molecule has 7 rings (SSSR count). The number of hydrogen-bond donors (Lipinski definition) is 1. The molecule has 2 atom stereocenters. The SMILES string of the molecule is Cc1ccc(S(=O)(=O)n2cc(-c3ncc(C)c(CC4C5CCC(CC5)[C@@H]4C(=O)O)n3)c3cc(F)cnc32)cc1. The molecule has 3 heterocycles. The standard InChI is InChI=1S/C29H29FN4O4S/c1-16-3-9-21(10-4-16)39(37,38)34-15-24(23-11-20(30)14-32-28(23)34)27-31-13-17(2)25(33-27)12-22-18-5-7-19(8-6-18)26(22)29(35)36/h3-4,9-11,13-15,18-19,22,26H,5-8,12H2,1-2H3,(H,35,36)/t18?,19?,22?,26-/m0/s1. The van der Waals surface area contributed by atoms with Crippen LogP contribution in [0.4, 0.5) is 4.39 Å². The molecule has 10 heteroatoms. The van der Waals surface area contributed by atoms with Gasteiger partial charge in [-0.1, -0.05) is 17.7 Å². The molecule has 0 spiro atoms. The molecule has 0 saturated heterocycles. The van der Waals surface area contributed by atoms with Crippen LogP contribution in [0.25, 0.3) is 22.4 Å². The summed E-state index contributed by atoms with van der Waals surface area (Å²) in [6, 6.07) is 7.71. The fourth-order valence-electron chi connectivity index (χ4n) is 6.53. The van der Waals surface area contributed by atoms with Gasteiger partial charge >= 0.3 is 5.97 Å². The summed E-state index contributed by atoms with van der Waals surface area (Å²) < 4.78 is 42.5. The van der Waals surface area contributed by atoms with Crippen LogP contribution in [0.3, 0.4) is 0 Å². The van der Waals surface area contributed by atoms with E-state index < -0.39 is 27.7 Å². The van der Waals surface area contributed by atoms with Gasteiger partial charge in [0.2, 0.25) is 0 Å². The van der Waals surface area contributed by atoms with Crippen molar-refractivity contribution in [1.29, 1.82) is 0 Å². The summed E-state index contributed by atoms with van der Waals surface area (Å²) in [5, 5.41) is 10.3. The minimum atomic E-state index is -4.04. The lowest BCUT2D eigenvalue weighted by molar-refractivity contribution is -0.152. The molecular formula is C29H29FN4O4S. The molecule has 1 unspecified atom stereocenters. The van der Waals surface area contributed by atoms with Crippen LogP contribution >= 0.6 is 0 Å². The van der Waals surface area contributed by atoms with Gasteiger partial charge in [-0.2, -0.15) is 0 Å². The number of nitrogens with zero attached hydrogens (tertiary/aromatic N) is 4. The summed E-state index contributed by atoms with van der Waals surface area (Å²) in [5.41, 5.74) is 2.91. The summed E-state index contributed by atoms with van der Waals surface area (Å²) >= 11 is 0. The third-order valence-electron chi connectivity index (χ3n) is 8.58. The number of hydrogen-bond acceptors (Lipinski definition) is 6. The maximum absolute atomic E-state index is 14.3. The molecule has 1 aromatic carbocycles. The van der Waals surface area contributed by atoms with E-state index in [9.17, 15) is 22.7 Å². The lowest BCUT2D eigenvalue weighted by atomic mass is 9.57. The zero-order valence-corrected chi connectivity index (χ0v) is 22.5. The fourth-order valence-corrected chi connectivity index (χ4v) is 7.85. The summed E-state index contributed by atoms with van der Waals surface area (Å²) in [6.07, 6.45) is 8.53. The van der Waals surface area contributed by atoms with Crippen LogP contribution < -0.4 is 0 Å². The maximum atomic E-state index is 14.3. The second kappa shape index (κ2) is 9.51. The van der Waals surface area contributed by atoms with Gasteiger partial charge in [-0.25, -0.2) is 31.7 Å². The quantitative estimate of drug-likeness (QED) is 0.354. The molecule has 8 nitrogen and oxygen atoms in total. The van der Waals surface area contributed by atoms with Gasteiger partial charge in [0, 0.05) is 29.0 Å². The molecule has 3 aliphatic rings. The Hall–Kier alpha value is -3.66. The molecule has 2 bridgehead atoms. The number of carboxylic acid groups (broad SMARTS) is 1. The van der Waals surface area contributed by atoms with Crippen LogP contribution in [0, 0.1) is 43.3 Å². The molecule has 39 heavy (non-hydrogen) atoms. The molecule has 3 saturated carbocycles. The van der Waals surface area contributed by atoms with Crippen molar-refractivity contribution in [3.63, 3.8) is 0 Å². The normalized spacial score (nSPS) is 22.8. The molecule has 1 N–H and O–H groups in total. The molecule has 4 aromatic rings. The number of aromatic nitrogens is 4. The molecule has 0 amide bonds. The fraction of sp³-hybridized carbons (Fsp3) is 0.379. The largest absolute Gasteiger partial charge is 0.481 e. The Bertz CT molecular complexity index is 1690. The Balaban J connectivity index is 1.44. The van der Waals surface area contributed by atoms with Gasteiger partial charge in [-0.05, 0) is 87.5 Å². The van der Waals surface area contributed by atoms with Crippen molar-refractivity contribution < 1.29 is 22.7 Å². The molecule has 3 aliphatic carbocycles. The molecule has 202 valence electrons. The Kier molecular flexibility index (Phi) is 6.25. The van der Waals surface area contributed by atoms with Crippen molar-refractivity contribution in [2.75, 3.05) is 0 Å². The minimum absolute atomic E-state index is 0.0150. The van der Waals surface area contributed by atoms with E-state index in [0.29, 0.717) is 17.9 Å². The lowest BCUT2D eigenvalue weighted by Crippen LogP contribution is -2.45. The number of carboxylic acids is 1. The third kappa shape index (κ3) is 4.40. The Morgan fingerprint density at radius 1 is 1.05 bits per heavy atom. The van der Waals surface area contributed by atoms with Crippen molar-refractivity contribution in [2.45, 2.75) is 50.8 Å². The number of rotatable bonds is 6. The molecule has 3 fully saturated rings. The van der Waals surface area contributed by atoms with Gasteiger partial charge in [-0.15, -0.1) is 0 Å². The van der Waals surface area contributed by atoms with E-state index in [0.717, 1.165) is 52.7 Å². The second-order valence-electron chi connectivity index (χ2n) is 10.9. The Morgan fingerprint density at radius 2 is 1.74 bits per heavy atom. The number of benzene rings is 1. The van der Waals surface area contributed by atoms with Crippen LogP contribution in [0.2, 0.25) is 0 Å². The van der Waals surface area contributed by atoms with Crippen LogP contribution in [0.1, 0.15) is 42.5 Å². The first kappa shape index (κ1) is 25.6. The van der Waals surface area contributed by atoms with Gasteiger partial charge in [-0.3, -0.25) is 4.79 Å². The number of pyridine rings is 1. The highest BCUT2D eigenvalue weighted by molar-refractivity contribution is 7.90. The molecule has 3 aromatic heterocycles. The first-order valence-electron chi connectivity index (χ1n) is 13.2. The monoisotopic (exact) mass is 548 g/mol. The van der Waals surface area contributed by atoms with Gasteiger partial charge in [0.15, 0.2) is 11.5 Å². The minimum Gasteiger partial charge on any atom is -0.481 e. The zero-order valence-electron chi connectivity index (χ0n) is 21.7. The van der Waals surface area contributed by atoms with E-state index in [4.69, 9.17) is 4.98 Å². The number of aryl methyl sites for hydroxylation is 2. The predicted octanol–water partition coefficient (Wildman–Crippen LogP) is 5.17. The highest BCUT2D eigenvalue weighted by Gasteiger charge is 2.47. The van der Waals surface area contributed by atoms with Crippen LogP contribution in [0.5, 0.6) is 0 Å². The topological polar surface area (TPSA) is 115 Å². The highest BCUT2D eigenvalue weighted by Crippen LogP contribution is 2.50. The van der Waals surface area contributed by atoms with E-state index >= 15 is 0 Å². The highest BCUT2D eigenvalue weighted by atomic mass is 32.2. The average Bonchev–Trinajstić information content (AvgIpc) is 3.30. The van der Waals surface area contributed by atoms with Crippen molar-refractivity contribution in [3.05, 3.63) is 71.6 Å². The van der Waals surface area contributed by atoms with E-state index in [1.54, 1.807) is 18.3 Å². The van der Waals surface area contributed by atoms with Gasteiger partial charge < -0.3 is 5.11 Å². The zero-order chi connectivity index (χ0) is 27.5. The van der Waals surface area contributed by atoms with Crippen molar-refractivity contribution in [2.24, 2.45) is 23.7 Å². The summed E-state index contributed by atoms with van der Waals surface area (Å²) in [5.74, 6) is -0.976. The van der Waals surface area contributed by atoms with Crippen LogP contribution in [0.15, 0.2) is 53.8 Å². The molecule has 0 aliphatic heterocycles. The van der Waals surface area contributed by atoms with E-state index in [2.05, 4.69) is 9.97 Å². The predicted molar refractivity (Wildman–Crippen MR) is 143 cm³/mol. The van der Waals surface area contributed by atoms with Crippen molar-refractivity contribution in [3.8, 4) is 11.4 Å². The first-order valence-corrected chi connectivity index (χ1v) is 14.6. The van der Waals surface area contributed by atoms with Crippen LogP contribution in [-0.4, -0.2) is 38.4 Å². The van der Waals surface area contributed by atoms with E-state index in [1.807, 2.05) is 13.8 Å².